The molecule has 1 aromatic rings. The summed E-state index contributed by atoms with van der Waals surface area (Å²) in [5.74, 6) is -2.99. The number of hydrogen-bond donors (Lipinski definition) is 4. The lowest BCUT2D eigenvalue weighted by Gasteiger charge is -2.22. The number of carbonyl (C=O) groups excluding carboxylic acids is 2. The van der Waals surface area contributed by atoms with Gasteiger partial charge in [0.05, 0.1) is 12.0 Å². The molecule has 8 heteroatoms. The lowest BCUT2D eigenvalue weighted by atomic mass is 9.92. The van der Waals surface area contributed by atoms with E-state index in [4.69, 9.17) is 11.5 Å². The minimum absolute atomic E-state index is 0.122. The molecule has 1 aromatic carbocycles. The third-order valence-corrected chi connectivity index (χ3v) is 4.27. The molecule has 1 rings (SSSR count). The van der Waals surface area contributed by atoms with Gasteiger partial charge < -0.3 is 21.9 Å². The maximum atomic E-state index is 12.2. The first-order valence-corrected chi connectivity index (χ1v) is 8.87. The molecule has 0 aliphatic carbocycles. The van der Waals surface area contributed by atoms with Crippen molar-refractivity contribution in [2.45, 2.75) is 24.9 Å². The van der Waals surface area contributed by atoms with Crippen LogP contribution in [0.4, 0.5) is 0 Å². The number of hydrogen-bond acceptors (Lipinski definition) is 5. The lowest BCUT2D eigenvalue weighted by molar-refractivity contribution is -0.145. The smallest absolute Gasteiger partial charge is 0.308 e. The summed E-state index contributed by atoms with van der Waals surface area (Å²) >= 11 is 1.51. The Labute approximate surface area is 145 Å². The van der Waals surface area contributed by atoms with Crippen molar-refractivity contribution < 1.29 is 19.5 Å². The summed E-state index contributed by atoms with van der Waals surface area (Å²) in [4.78, 5) is 35.1. The van der Waals surface area contributed by atoms with Gasteiger partial charge in [0, 0.05) is 0 Å². The summed E-state index contributed by atoms with van der Waals surface area (Å²) in [5, 5.41) is 11.8. The van der Waals surface area contributed by atoms with Crippen LogP contribution in [0.25, 0.3) is 0 Å². The molecule has 0 heterocycles. The Morgan fingerprint density at radius 2 is 1.88 bits per heavy atom. The predicted octanol–water partition coefficient (Wildman–Crippen LogP) is -0.0196. The molecule has 0 radical (unpaired) electrons. The van der Waals surface area contributed by atoms with Gasteiger partial charge in [-0.3, -0.25) is 14.4 Å². The molecular formula is C16H23N3O4S. The van der Waals surface area contributed by atoms with Crippen LogP contribution in [0.1, 0.15) is 12.0 Å². The Morgan fingerprint density at radius 1 is 1.25 bits per heavy atom. The van der Waals surface area contributed by atoms with Gasteiger partial charge in [-0.2, -0.15) is 11.8 Å². The molecule has 6 N–H and O–H groups in total. The van der Waals surface area contributed by atoms with E-state index >= 15 is 0 Å². The molecule has 3 atom stereocenters. The predicted molar refractivity (Wildman–Crippen MR) is 93.4 cm³/mol. The number of carboxylic acids is 1. The molecule has 1 unspecified atom stereocenters. The number of nitrogens with one attached hydrogen (secondary N) is 1. The Kier molecular flexibility index (Phi) is 8.28. The van der Waals surface area contributed by atoms with Crippen LogP contribution in [-0.2, 0) is 20.8 Å². The Balaban J connectivity index is 2.78. The minimum Gasteiger partial charge on any atom is -0.481 e. The highest BCUT2D eigenvalue weighted by atomic mass is 32.2. The largest absolute Gasteiger partial charge is 0.481 e. The van der Waals surface area contributed by atoms with Crippen LogP contribution in [0.3, 0.4) is 0 Å². The topological polar surface area (TPSA) is 136 Å². The molecule has 0 fully saturated rings. The molecule has 0 aromatic heterocycles. The number of thioether (sulfide) groups is 1. The summed E-state index contributed by atoms with van der Waals surface area (Å²) in [6, 6.07) is 6.78. The standard InChI is InChI=1S/C16H23N3O4S/c1-24-8-7-12(14(18)20)19-15(21)13(17)11(16(22)23)9-10-5-3-2-4-6-10/h2-6,11-13H,7-9,17H2,1H3,(H2,18,20)(H,19,21)(H,22,23)/t11?,12-,13-/m0/s1. The van der Waals surface area contributed by atoms with E-state index in [9.17, 15) is 19.5 Å². The zero-order valence-electron chi connectivity index (χ0n) is 13.5. The van der Waals surface area contributed by atoms with Crippen LogP contribution in [0.15, 0.2) is 30.3 Å². The second kappa shape index (κ2) is 9.94. The second-order valence-electron chi connectivity index (χ2n) is 5.41. The average Bonchev–Trinajstić information content (AvgIpc) is 2.56. The SMILES string of the molecule is CSCC[C@H](NC(=O)[C@@H](N)C(Cc1ccccc1)C(=O)O)C(N)=O. The van der Waals surface area contributed by atoms with Gasteiger partial charge in [-0.25, -0.2) is 0 Å². The van der Waals surface area contributed by atoms with E-state index in [1.165, 1.54) is 11.8 Å². The maximum absolute atomic E-state index is 12.2. The molecular weight excluding hydrogens is 330 g/mol. The Hall–Kier alpha value is -2.06. The van der Waals surface area contributed by atoms with Crippen molar-refractivity contribution in [2.75, 3.05) is 12.0 Å². The van der Waals surface area contributed by atoms with E-state index in [1.54, 1.807) is 24.3 Å². The van der Waals surface area contributed by atoms with Gasteiger partial charge >= 0.3 is 5.97 Å². The summed E-state index contributed by atoms with van der Waals surface area (Å²) in [6.07, 6.45) is 2.36. The van der Waals surface area contributed by atoms with Gasteiger partial charge in [0.15, 0.2) is 0 Å². The molecule has 0 saturated carbocycles. The quantitative estimate of drug-likeness (QED) is 0.467. The van der Waals surface area contributed by atoms with Crippen LogP contribution in [0.5, 0.6) is 0 Å². The van der Waals surface area contributed by atoms with Crippen molar-refractivity contribution in [1.82, 2.24) is 5.32 Å². The van der Waals surface area contributed by atoms with E-state index in [2.05, 4.69) is 5.32 Å². The van der Waals surface area contributed by atoms with E-state index in [0.29, 0.717) is 12.2 Å². The van der Waals surface area contributed by atoms with E-state index in [-0.39, 0.29) is 6.42 Å². The van der Waals surface area contributed by atoms with Gasteiger partial charge in [-0.1, -0.05) is 30.3 Å². The van der Waals surface area contributed by atoms with E-state index < -0.39 is 35.8 Å². The van der Waals surface area contributed by atoms with Gasteiger partial charge in [0.1, 0.15) is 6.04 Å². The fraction of sp³-hybridized carbons (Fsp3) is 0.438. The third kappa shape index (κ3) is 6.21. The summed E-state index contributed by atoms with van der Waals surface area (Å²) in [5.41, 5.74) is 11.9. The number of benzene rings is 1. The van der Waals surface area contributed by atoms with E-state index in [0.717, 1.165) is 5.56 Å². The number of primary amides is 1. The number of nitrogens with two attached hydrogens (primary N) is 2. The molecule has 0 spiro atoms. The number of carbonyl (C=O) groups is 3. The van der Waals surface area contributed by atoms with Crippen LogP contribution in [0, 0.1) is 5.92 Å². The average molecular weight is 353 g/mol. The van der Waals surface area contributed by atoms with Crippen LogP contribution >= 0.6 is 11.8 Å². The molecule has 7 nitrogen and oxygen atoms in total. The van der Waals surface area contributed by atoms with Crippen LogP contribution in [-0.4, -0.2) is 47.0 Å². The second-order valence-corrected chi connectivity index (χ2v) is 6.39. The van der Waals surface area contributed by atoms with Crippen molar-refractivity contribution in [1.29, 1.82) is 0 Å². The molecule has 0 saturated heterocycles. The highest BCUT2D eigenvalue weighted by molar-refractivity contribution is 7.98. The summed E-state index contributed by atoms with van der Waals surface area (Å²) in [7, 11) is 0. The minimum atomic E-state index is -1.28. The highest BCUT2D eigenvalue weighted by Gasteiger charge is 2.32. The van der Waals surface area contributed by atoms with Crippen molar-refractivity contribution in [2.24, 2.45) is 17.4 Å². The van der Waals surface area contributed by atoms with Crippen molar-refractivity contribution in [3.8, 4) is 0 Å². The van der Waals surface area contributed by atoms with Gasteiger partial charge in [0.25, 0.3) is 0 Å². The number of aliphatic carboxylic acids is 1. The number of rotatable bonds is 10. The normalized spacial score (nSPS) is 14.4. The van der Waals surface area contributed by atoms with Crippen molar-refractivity contribution >= 4 is 29.5 Å². The Bertz CT molecular complexity index is 568. The zero-order valence-corrected chi connectivity index (χ0v) is 14.3. The maximum Gasteiger partial charge on any atom is 0.308 e. The monoisotopic (exact) mass is 353 g/mol. The third-order valence-electron chi connectivity index (χ3n) is 3.62. The van der Waals surface area contributed by atoms with Crippen molar-refractivity contribution in [3.05, 3.63) is 35.9 Å². The van der Waals surface area contributed by atoms with Gasteiger partial charge in [0.2, 0.25) is 11.8 Å². The molecule has 0 bridgehead atoms. The fourth-order valence-electron chi connectivity index (χ4n) is 2.21. The molecule has 0 aliphatic heterocycles. The van der Waals surface area contributed by atoms with Gasteiger partial charge in [-0.15, -0.1) is 0 Å². The highest BCUT2D eigenvalue weighted by Crippen LogP contribution is 2.13. The van der Waals surface area contributed by atoms with Crippen molar-refractivity contribution in [3.63, 3.8) is 0 Å². The number of amides is 2. The first-order chi connectivity index (χ1) is 11.4. The Morgan fingerprint density at radius 3 is 2.38 bits per heavy atom. The van der Waals surface area contributed by atoms with Crippen LogP contribution < -0.4 is 16.8 Å². The molecule has 132 valence electrons. The molecule has 24 heavy (non-hydrogen) atoms. The first kappa shape index (κ1) is 20.0. The van der Waals surface area contributed by atoms with E-state index in [1.807, 2.05) is 12.3 Å². The van der Waals surface area contributed by atoms with Gasteiger partial charge in [-0.05, 0) is 30.4 Å². The van der Waals surface area contributed by atoms with Crippen LogP contribution in [0.2, 0.25) is 0 Å². The lowest BCUT2D eigenvalue weighted by Crippen LogP contribution is -2.54. The summed E-state index contributed by atoms with van der Waals surface area (Å²) < 4.78 is 0. The molecule has 2 amide bonds. The fourth-order valence-corrected chi connectivity index (χ4v) is 2.68. The summed E-state index contributed by atoms with van der Waals surface area (Å²) in [6.45, 7) is 0. The number of carboxylic acid groups (broad SMARTS) is 1. The first-order valence-electron chi connectivity index (χ1n) is 7.47. The zero-order chi connectivity index (χ0) is 18.1. The molecule has 0 aliphatic rings.